The number of hydrogen-bond acceptors (Lipinski definition) is 5. The van der Waals surface area contributed by atoms with E-state index >= 15 is 0 Å². The van der Waals surface area contributed by atoms with Gasteiger partial charge in [0.1, 0.15) is 16.9 Å². The standard InChI is InChI=1S/C20H12ClN3O2S/c1-11-2-4-12(5-3-11)16-15(10-22)18(25)24-19(26)17(27-20(24)23-16)13-6-8-14(21)9-7-13/h2-9,17H,1H3. The van der Waals surface area contributed by atoms with Crippen molar-refractivity contribution in [3.63, 3.8) is 0 Å². The lowest BCUT2D eigenvalue weighted by molar-refractivity contribution is 0.0903. The molecule has 0 fully saturated rings. The average Bonchev–Trinajstić information content (AvgIpc) is 3.00. The Hall–Kier alpha value is -2.88. The molecular weight excluding hydrogens is 382 g/mol. The summed E-state index contributed by atoms with van der Waals surface area (Å²) in [5.74, 6) is -0.401. The molecule has 5 nitrogen and oxygen atoms in total. The number of carbonyl (C=O) groups is 1. The van der Waals surface area contributed by atoms with Gasteiger partial charge in [-0.2, -0.15) is 5.26 Å². The summed E-state index contributed by atoms with van der Waals surface area (Å²) in [6.07, 6.45) is 0. The second kappa shape index (κ2) is 6.69. The third-order valence-corrected chi connectivity index (χ3v) is 5.78. The summed E-state index contributed by atoms with van der Waals surface area (Å²) in [7, 11) is 0. The summed E-state index contributed by atoms with van der Waals surface area (Å²) < 4.78 is 1.00. The van der Waals surface area contributed by atoms with Gasteiger partial charge in [0.25, 0.3) is 11.5 Å². The Morgan fingerprint density at radius 1 is 1.11 bits per heavy atom. The highest BCUT2D eigenvalue weighted by atomic mass is 35.5. The fourth-order valence-corrected chi connectivity index (χ4v) is 4.18. The predicted molar refractivity (Wildman–Crippen MR) is 104 cm³/mol. The Kier molecular flexibility index (Phi) is 4.34. The Balaban J connectivity index is 1.85. The number of aromatic nitrogens is 2. The largest absolute Gasteiger partial charge is 0.279 e. The van der Waals surface area contributed by atoms with Crippen molar-refractivity contribution < 1.29 is 4.79 Å². The van der Waals surface area contributed by atoms with Crippen LogP contribution in [0.25, 0.3) is 11.3 Å². The number of carbonyl (C=O) groups excluding carboxylic acids is 1. The summed E-state index contributed by atoms with van der Waals surface area (Å²) in [5, 5.41) is 9.77. The van der Waals surface area contributed by atoms with Crippen molar-refractivity contribution in [3.05, 3.63) is 80.6 Å². The van der Waals surface area contributed by atoms with Gasteiger partial charge in [0.2, 0.25) is 0 Å². The number of hydrogen-bond donors (Lipinski definition) is 0. The van der Waals surface area contributed by atoms with Crippen LogP contribution in [0.2, 0.25) is 5.02 Å². The molecular formula is C20H12ClN3O2S. The van der Waals surface area contributed by atoms with Crippen molar-refractivity contribution >= 4 is 29.3 Å². The molecule has 2 aromatic carbocycles. The molecule has 1 atom stereocenters. The van der Waals surface area contributed by atoms with Crippen LogP contribution in [0, 0.1) is 18.3 Å². The first-order chi connectivity index (χ1) is 13.0. The van der Waals surface area contributed by atoms with Crippen molar-refractivity contribution in [1.82, 2.24) is 9.55 Å². The van der Waals surface area contributed by atoms with E-state index in [1.54, 1.807) is 24.3 Å². The van der Waals surface area contributed by atoms with E-state index in [9.17, 15) is 14.9 Å². The topological polar surface area (TPSA) is 75.8 Å². The summed E-state index contributed by atoms with van der Waals surface area (Å²) >= 11 is 7.11. The number of aryl methyl sites for hydroxylation is 1. The molecule has 4 rings (SSSR count). The van der Waals surface area contributed by atoms with Crippen LogP contribution in [0.1, 0.15) is 26.7 Å². The summed E-state index contributed by atoms with van der Waals surface area (Å²) in [4.78, 5) is 30.1. The van der Waals surface area contributed by atoms with Gasteiger partial charge in [0.05, 0.1) is 5.69 Å². The van der Waals surface area contributed by atoms with Crippen LogP contribution in [0.5, 0.6) is 0 Å². The van der Waals surface area contributed by atoms with Crippen LogP contribution >= 0.6 is 23.4 Å². The summed E-state index contributed by atoms with van der Waals surface area (Å²) in [6, 6.07) is 16.2. The van der Waals surface area contributed by atoms with E-state index in [1.165, 1.54) is 11.8 Å². The van der Waals surface area contributed by atoms with Gasteiger partial charge in [-0.3, -0.25) is 9.59 Å². The minimum atomic E-state index is -0.632. The van der Waals surface area contributed by atoms with Gasteiger partial charge in [-0.15, -0.1) is 0 Å². The number of benzene rings is 2. The lowest BCUT2D eigenvalue weighted by Gasteiger charge is -2.07. The van der Waals surface area contributed by atoms with E-state index < -0.39 is 16.7 Å². The Morgan fingerprint density at radius 3 is 2.41 bits per heavy atom. The van der Waals surface area contributed by atoms with E-state index in [1.807, 2.05) is 37.3 Å². The van der Waals surface area contributed by atoms with Gasteiger partial charge >= 0.3 is 0 Å². The maximum atomic E-state index is 12.8. The van der Waals surface area contributed by atoms with E-state index in [0.29, 0.717) is 21.4 Å². The first-order valence-corrected chi connectivity index (χ1v) is 9.36. The van der Waals surface area contributed by atoms with Crippen LogP contribution in [0.4, 0.5) is 0 Å². The van der Waals surface area contributed by atoms with E-state index in [4.69, 9.17) is 11.6 Å². The fourth-order valence-electron chi connectivity index (χ4n) is 2.92. The second-order valence-corrected chi connectivity index (χ2v) is 7.63. The number of thioether (sulfide) groups is 1. The van der Waals surface area contributed by atoms with Crippen LogP contribution < -0.4 is 5.56 Å². The monoisotopic (exact) mass is 393 g/mol. The number of fused-ring (bicyclic) bond motifs is 1. The zero-order valence-electron chi connectivity index (χ0n) is 14.1. The maximum absolute atomic E-state index is 12.8. The van der Waals surface area contributed by atoms with Crippen molar-refractivity contribution in [3.8, 4) is 17.3 Å². The zero-order chi connectivity index (χ0) is 19.1. The Labute approximate surface area is 164 Å². The van der Waals surface area contributed by atoms with Gasteiger partial charge in [-0.05, 0) is 24.6 Å². The summed E-state index contributed by atoms with van der Waals surface area (Å²) in [5.41, 5.74) is 1.99. The van der Waals surface area contributed by atoms with Crippen LogP contribution in [0.15, 0.2) is 58.5 Å². The van der Waals surface area contributed by atoms with Gasteiger partial charge in [-0.1, -0.05) is 65.3 Å². The van der Waals surface area contributed by atoms with Crippen LogP contribution in [-0.2, 0) is 0 Å². The van der Waals surface area contributed by atoms with Gasteiger partial charge < -0.3 is 0 Å². The van der Waals surface area contributed by atoms with Gasteiger partial charge in [-0.25, -0.2) is 9.55 Å². The number of nitriles is 1. The molecule has 0 saturated heterocycles. The molecule has 1 aromatic heterocycles. The zero-order valence-corrected chi connectivity index (χ0v) is 15.7. The molecule has 2 heterocycles. The molecule has 1 aliphatic rings. The lowest BCUT2D eigenvalue weighted by Crippen LogP contribution is -2.29. The molecule has 0 radical (unpaired) electrons. The molecule has 0 spiro atoms. The third-order valence-electron chi connectivity index (χ3n) is 4.33. The summed E-state index contributed by atoms with van der Waals surface area (Å²) in [6.45, 7) is 1.95. The van der Waals surface area contributed by atoms with Crippen molar-refractivity contribution in [2.45, 2.75) is 17.3 Å². The number of rotatable bonds is 2. The Morgan fingerprint density at radius 2 is 1.78 bits per heavy atom. The van der Waals surface area contributed by atoms with Crippen molar-refractivity contribution in [1.29, 1.82) is 5.26 Å². The molecule has 7 heteroatoms. The second-order valence-electron chi connectivity index (χ2n) is 6.12. The highest BCUT2D eigenvalue weighted by Gasteiger charge is 2.36. The SMILES string of the molecule is Cc1ccc(-c2nc3n(c(=O)c2C#N)C(=O)C(c2ccc(Cl)cc2)S3)cc1. The van der Waals surface area contributed by atoms with E-state index in [0.717, 1.165) is 15.7 Å². The van der Waals surface area contributed by atoms with Gasteiger partial charge in [0, 0.05) is 10.6 Å². The third kappa shape index (κ3) is 2.95. The number of nitrogens with zero attached hydrogens (tertiary/aromatic N) is 3. The number of halogens is 1. The predicted octanol–water partition coefficient (Wildman–Crippen LogP) is 4.23. The minimum Gasteiger partial charge on any atom is -0.272 e. The molecule has 132 valence electrons. The van der Waals surface area contributed by atoms with Crippen molar-refractivity contribution in [2.24, 2.45) is 0 Å². The molecule has 0 N–H and O–H groups in total. The molecule has 0 aliphatic carbocycles. The average molecular weight is 394 g/mol. The molecule has 0 amide bonds. The molecule has 3 aromatic rings. The molecule has 1 unspecified atom stereocenters. The molecule has 0 bridgehead atoms. The minimum absolute atomic E-state index is 0.131. The maximum Gasteiger partial charge on any atom is 0.279 e. The smallest absolute Gasteiger partial charge is 0.272 e. The molecule has 1 aliphatic heterocycles. The van der Waals surface area contributed by atoms with Crippen LogP contribution in [0.3, 0.4) is 0 Å². The normalized spacial score (nSPS) is 15.4. The quantitative estimate of drug-likeness (QED) is 0.609. The Bertz CT molecular complexity index is 1160. The van der Waals surface area contributed by atoms with Crippen LogP contribution in [-0.4, -0.2) is 15.5 Å². The first-order valence-electron chi connectivity index (χ1n) is 8.10. The van der Waals surface area contributed by atoms with Crippen molar-refractivity contribution in [2.75, 3.05) is 0 Å². The molecule has 0 saturated carbocycles. The first kappa shape index (κ1) is 17.5. The lowest BCUT2D eigenvalue weighted by atomic mass is 10.1. The van der Waals surface area contributed by atoms with Gasteiger partial charge in [0.15, 0.2) is 5.16 Å². The van der Waals surface area contributed by atoms with E-state index in [2.05, 4.69) is 4.98 Å². The fraction of sp³-hybridized carbons (Fsp3) is 0.100. The highest BCUT2D eigenvalue weighted by molar-refractivity contribution is 8.00. The highest BCUT2D eigenvalue weighted by Crippen LogP contribution is 2.41. The van der Waals surface area contributed by atoms with E-state index in [-0.39, 0.29) is 5.56 Å². The molecule has 27 heavy (non-hydrogen) atoms.